The van der Waals surface area contributed by atoms with Crippen molar-refractivity contribution in [1.82, 2.24) is 4.57 Å². The van der Waals surface area contributed by atoms with Crippen molar-refractivity contribution in [3.63, 3.8) is 0 Å². The van der Waals surface area contributed by atoms with E-state index in [1.807, 2.05) is 68.4 Å². The SMILES string of the molecule is CC(C)Oc1ccc(C2CC2c2ccc3c(c2)c(C(=O)O)c(CC(=O)O)n3-c2ccc(Oc3ccc(S)cc3)cc2)cc1. The van der Waals surface area contributed by atoms with Crippen LogP contribution in [-0.2, 0) is 11.2 Å². The van der Waals surface area contributed by atoms with Gasteiger partial charge in [0.05, 0.1) is 23.6 Å². The van der Waals surface area contributed by atoms with Gasteiger partial charge in [0, 0.05) is 21.7 Å². The summed E-state index contributed by atoms with van der Waals surface area (Å²) in [6.07, 6.45) is 0.631. The summed E-state index contributed by atoms with van der Waals surface area (Å²) in [7, 11) is 0. The predicted octanol–water partition coefficient (Wildman–Crippen LogP) is 8.10. The highest BCUT2D eigenvalue weighted by Gasteiger charge is 2.40. The molecule has 1 aliphatic carbocycles. The van der Waals surface area contributed by atoms with Crippen molar-refractivity contribution < 1.29 is 29.3 Å². The van der Waals surface area contributed by atoms with Crippen LogP contribution in [0.5, 0.6) is 17.2 Å². The molecule has 2 atom stereocenters. The zero-order valence-electron chi connectivity index (χ0n) is 23.7. The molecule has 2 unspecified atom stereocenters. The standard InChI is InChI=1S/C35H31NO6S/c1-20(2)41-24-8-3-21(4-9-24)28-18-29(28)22-5-16-31-30(17-22)34(35(39)40)32(19-33(37)38)36(31)23-6-10-25(11-7-23)42-26-12-14-27(43)15-13-26/h3-17,20,28-29,43H,18-19H2,1-2H3,(H,37,38)(H,39,40). The lowest BCUT2D eigenvalue weighted by Gasteiger charge is -2.12. The van der Waals surface area contributed by atoms with Gasteiger partial charge in [-0.25, -0.2) is 4.79 Å². The van der Waals surface area contributed by atoms with Crippen LogP contribution in [0.15, 0.2) is 95.9 Å². The van der Waals surface area contributed by atoms with Crippen molar-refractivity contribution in [2.75, 3.05) is 0 Å². The predicted molar refractivity (Wildman–Crippen MR) is 168 cm³/mol. The third kappa shape index (κ3) is 5.96. The minimum Gasteiger partial charge on any atom is -0.491 e. The molecule has 0 saturated heterocycles. The Bertz CT molecular complexity index is 1810. The summed E-state index contributed by atoms with van der Waals surface area (Å²) in [6, 6.07) is 28.5. The molecular weight excluding hydrogens is 562 g/mol. The van der Waals surface area contributed by atoms with Crippen molar-refractivity contribution in [1.29, 1.82) is 0 Å². The van der Waals surface area contributed by atoms with Gasteiger partial charge in [0.25, 0.3) is 0 Å². The Morgan fingerprint density at radius 3 is 2.02 bits per heavy atom. The number of aromatic nitrogens is 1. The first-order valence-corrected chi connectivity index (χ1v) is 14.6. The van der Waals surface area contributed by atoms with Crippen molar-refractivity contribution in [3.05, 3.63) is 113 Å². The molecule has 1 aromatic heterocycles. The highest BCUT2D eigenvalue weighted by Crippen LogP contribution is 2.55. The molecule has 43 heavy (non-hydrogen) atoms. The topological polar surface area (TPSA) is 98.0 Å². The largest absolute Gasteiger partial charge is 0.491 e. The number of carboxylic acids is 2. The number of carbonyl (C=O) groups is 2. The summed E-state index contributed by atoms with van der Waals surface area (Å²) < 4.78 is 13.4. The fraction of sp³-hybridized carbons (Fsp3) is 0.200. The van der Waals surface area contributed by atoms with E-state index in [0.29, 0.717) is 34.0 Å². The van der Waals surface area contributed by atoms with Crippen LogP contribution in [0.1, 0.15) is 59.3 Å². The molecule has 8 heteroatoms. The lowest BCUT2D eigenvalue weighted by molar-refractivity contribution is -0.136. The van der Waals surface area contributed by atoms with Gasteiger partial charge in [0.2, 0.25) is 0 Å². The maximum Gasteiger partial charge on any atom is 0.338 e. The Hall–Kier alpha value is -4.69. The number of thiol groups is 1. The molecule has 0 amide bonds. The van der Waals surface area contributed by atoms with E-state index in [4.69, 9.17) is 9.47 Å². The van der Waals surface area contributed by atoms with Gasteiger partial charge < -0.3 is 24.3 Å². The summed E-state index contributed by atoms with van der Waals surface area (Å²) in [5.74, 6) is 0.406. The summed E-state index contributed by atoms with van der Waals surface area (Å²) in [5.41, 5.74) is 3.78. The number of carboxylic acid groups (broad SMARTS) is 2. The van der Waals surface area contributed by atoms with Crippen LogP contribution in [0.25, 0.3) is 16.6 Å². The molecule has 0 aliphatic heterocycles. The van der Waals surface area contributed by atoms with Crippen LogP contribution in [-0.4, -0.2) is 32.8 Å². The summed E-state index contributed by atoms with van der Waals surface area (Å²) in [6.45, 7) is 3.99. The summed E-state index contributed by atoms with van der Waals surface area (Å²) in [5, 5.41) is 20.5. The van der Waals surface area contributed by atoms with E-state index in [2.05, 4.69) is 24.8 Å². The van der Waals surface area contributed by atoms with Crippen LogP contribution in [0.2, 0.25) is 0 Å². The molecule has 1 fully saturated rings. The maximum atomic E-state index is 12.6. The van der Waals surface area contributed by atoms with Crippen LogP contribution in [0, 0.1) is 0 Å². The Balaban J connectivity index is 1.34. The van der Waals surface area contributed by atoms with Crippen molar-refractivity contribution in [2.45, 2.75) is 49.5 Å². The van der Waals surface area contributed by atoms with Gasteiger partial charge >= 0.3 is 11.9 Å². The second-order valence-corrected chi connectivity index (χ2v) is 11.6. The van der Waals surface area contributed by atoms with E-state index >= 15 is 0 Å². The third-order valence-electron chi connectivity index (χ3n) is 7.69. The molecule has 4 aromatic carbocycles. The molecule has 2 N–H and O–H groups in total. The van der Waals surface area contributed by atoms with Crippen molar-refractivity contribution in [2.24, 2.45) is 0 Å². The smallest absolute Gasteiger partial charge is 0.338 e. The molecule has 0 radical (unpaired) electrons. The van der Waals surface area contributed by atoms with E-state index in [-0.39, 0.29) is 23.3 Å². The number of nitrogens with zero attached hydrogens (tertiary/aromatic N) is 1. The van der Waals surface area contributed by atoms with Gasteiger partial charge in [-0.05, 0) is 116 Å². The minimum absolute atomic E-state index is 0.0128. The number of hydrogen-bond acceptors (Lipinski definition) is 5. The Kier molecular flexibility index (Phi) is 7.62. The van der Waals surface area contributed by atoms with Crippen LogP contribution in [0.3, 0.4) is 0 Å². The quantitative estimate of drug-likeness (QED) is 0.142. The summed E-state index contributed by atoms with van der Waals surface area (Å²) in [4.78, 5) is 25.3. The molecule has 218 valence electrons. The molecule has 0 spiro atoms. The second-order valence-electron chi connectivity index (χ2n) is 11.1. The van der Waals surface area contributed by atoms with Gasteiger partial charge in [-0.3, -0.25) is 4.79 Å². The normalized spacial score (nSPS) is 15.9. The number of fused-ring (bicyclic) bond motifs is 1. The number of hydrogen-bond donors (Lipinski definition) is 3. The lowest BCUT2D eigenvalue weighted by atomic mass is 10.0. The van der Waals surface area contributed by atoms with Crippen molar-refractivity contribution in [3.8, 4) is 22.9 Å². The second kappa shape index (κ2) is 11.5. The Morgan fingerprint density at radius 1 is 0.837 bits per heavy atom. The number of rotatable bonds is 10. The maximum absolute atomic E-state index is 12.6. The highest BCUT2D eigenvalue weighted by molar-refractivity contribution is 7.80. The van der Waals surface area contributed by atoms with E-state index in [0.717, 1.165) is 22.6 Å². The van der Waals surface area contributed by atoms with Crippen LogP contribution in [0.4, 0.5) is 0 Å². The van der Waals surface area contributed by atoms with E-state index in [9.17, 15) is 19.8 Å². The average molecular weight is 594 g/mol. The number of aliphatic carboxylic acids is 1. The fourth-order valence-corrected chi connectivity index (χ4v) is 5.90. The first kappa shape index (κ1) is 28.4. The summed E-state index contributed by atoms with van der Waals surface area (Å²) >= 11 is 4.30. The van der Waals surface area contributed by atoms with E-state index < -0.39 is 18.4 Å². The molecule has 1 heterocycles. The number of ether oxygens (including phenoxy) is 2. The van der Waals surface area contributed by atoms with Crippen molar-refractivity contribution >= 4 is 35.5 Å². The first-order valence-electron chi connectivity index (χ1n) is 14.1. The minimum atomic E-state index is -1.15. The lowest BCUT2D eigenvalue weighted by Crippen LogP contribution is -2.11. The molecule has 0 bridgehead atoms. The van der Waals surface area contributed by atoms with Crippen LogP contribution < -0.4 is 9.47 Å². The molecule has 6 rings (SSSR count). The molecular formula is C35H31NO6S. The fourth-order valence-electron chi connectivity index (χ4n) is 5.75. The van der Waals surface area contributed by atoms with Gasteiger partial charge in [-0.15, -0.1) is 12.6 Å². The van der Waals surface area contributed by atoms with E-state index in [1.165, 1.54) is 5.56 Å². The van der Waals surface area contributed by atoms with Gasteiger partial charge in [-0.2, -0.15) is 0 Å². The molecule has 1 aliphatic rings. The molecule has 7 nitrogen and oxygen atoms in total. The van der Waals surface area contributed by atoms with Gasteiger partial charge in [0.15, 0.2) is 0 Å². The zero-order valence-corrected chi connectivity index (χ0v) is 24.6. The Labute approximate surface area is 254 Å². The Morgan fingerprint density at radius 2 is 1.42 bits per heavy atom. The van der Waals surface area contributed by atoms with E-state index in [1.54, 1.807) is 28.8 Å². The monoisotopic (exact) mass is 593 g/mol. The third-order valence-corrected chi connectivity index (χ3v) is 7.99. The number of benzene rings is 4. The highest BCUT2D eigenvalue weighted by atomic mass is 32.1. The van der Waals surface area contributed by atoms with Crippen LogP contribution >= 0.6 is 12.6 Å². The number of aromatic carboxylic acids is 1. The zero-order chi connectivity index (χ0) is 30.2. The molecule has 5 aromatic rings. The average Bonchev–Trinajstić information content (AvgIpc) is 3.70. The van der Waals surface area contributed by atoms with Gasteiger partial charge in [-0.1, -0.05) is 18.2 Å². The van der Waals surface area contributed by atoms with Gasteiger partial charge in [0.1, 0.15) is 17.2 Å². The first-order chi connectivity index (χ1) is 20.7. The molecule has 1 saturated carbocycles.